The van der Waals surface area contributed by atoms with Crippen molar-refractivity contribution < 1.29 is 4.74 Å². The highest BCUT2D eigenvalue weighted by molar-refractivity contribution is 6.10. The third kappa shape index (κ3) is 3.01. The van der Waals surface area contributed by atoms with Crippen molar-refractivity contribution in [2.24, 2.45) is 0 Å². The quantitative estimate of drug-likeness (QED) is 0.520. The first kappa shape index (κ1) is 20.1. The van der Waals surface area contributed by atoms with Crippen molar-refractivity contribution >= 4 is 38.5 Å². The summed E-state index contributed by atoms with van der Waals surface area (Å²) in [6.45, 7) is 3.85. The van der Waals surface area contributed by atoms with Gasteiger partial charge in [-0.15, -0.1) is 0 Å². The van der Waals surface area contributed by atoms with Crippen LogP contribution in [0.5, 0.6) is 5.75 Å². The largest absolute Gasteiger partial charge is 0.495 e. The summed E-state index contributed by atoms with van der Waals surface area (Å²) >= 11 is 0. The molecule has 2 fully saturated rings. The maximum absolute atomic E-state index is 13.8. The van der Waals surface area contributed by atoms with Gasteiger partial charge in [-0.2, -0.15) is 5.26 Å². The Hall–Kier alpha value is -3.50. The molecule has 0 amide bonds. The van der Waals surface area contributed by atoms with Crippen LogP contribution in [0.15, 0.2) is 35.1 Å². The average molecular weight is 442 g/mol. The highest BCUT2D eigenvalue weighted by atomic mass is 16.5. The zero-order chi connectivity index (χ0) is 22.7. The molecule has 3 heterocycles. The fraction of sp³-hybridized carbons (Fsp3) is 0.385. The number of nitrogens with zero attached hydrogens (tertiary/aromatic N) is 4. The molecule has 168 valence electrons. The number of rotatable bonds is 3. The Kier molecular flexibility index (Phi) is 4.59. The van der Waals surface area contributed by atoms with Crippen molar-refractivity contribution in [2.75, 3.05) is 45.2 Å². The van der Waals surface area contributed by atoms with Crippen LogP contribution in [-0.4, -0.2) is 54.8 Å². The highest BCUT2D eigenvalue weighted by Gasteiger charge is 2.27. The molecule has 1 saturated carbocycles. The molecule has 4 aromatic rings. The summed E-state index contributed by atoms with van der Waals surface area (Å²) in [6, 6.07) is 12.2. The predicted octanol–water partition coefficient (Wildman–Crippen LogP) is 3.99. The third-order valence-electron chi connectivity index (χ3n) is 7.46. The smallest absolute Gasteiger partial charge is 0.199 e. The first-order valence-electron chi connectivity index (χ1n) is 11.6. The van der Waals surface area contributed by atoms with Gasteiger partial charge >= 0.3 is 0 Å². The maximum Gasteiger partial charge on any atom is 0.199 e. The average Bonchev–Trinajstić information content (AvgIpc) is 3.18. The Morgan fingerprint density at radius 1 is 1.09 bits per heavy atom. The number of nitriles is 1. The van der Waals surface area contributed by atoms with Crippen LogP contribution in [0.2, 0.25) is 0 Å². The normalized spacial score (nSPS) is 17.5. The van der Waals surface area contributed by atoms with E-state index in [1.165, 1.54) is 6.42 Å². The highest BCUT2D eigenvalue weighted by Crippen LogP contribution is 2.40. The zero-order valence-electron chi connectivity index (χ0n) is 19.0. The lowest BCUT2D eigenvalue weighted by atomic mass is 9.91. The maximum atomic E-state index is 13.8. The van der Waals surface area contributed by atoms with Crippen molar-refractivity contribution in [2.45, 2.75) is 25.3 Å². The number of aromatic amines is 1. The van der Waals surface area contributed by atoms with Crippen LogP contribution in [0.25, 0.3) is 32.8 Å². The second-order valence-electron chi connectivity index (χ2n) is 9.34. The van der Waals surface area contributed by atoms with Gasteiger partial charge in [-0.05, 0) is 50.6 Å². The second kappa shape index (κ2) is 7.53. The van der Waals surface area contributed by atoms with Gasteiger partial charge in [0.15, 0.2) is 5.43 Å². The molecule has 0 unspecified atom stereocenters. The molecule has 0 atom stereocenters. The zero-order valence-corrected chi connectivity index (χ0v) is 19.0. The van der Waals surface area contributed by atoms with Crippen molar-refractivity contribution in [1.82, 2.24) is 14.5 Å². The minimum atomic E-state index is 0.00904. The Balaban J connectivity index is 1.68. The molecule has 1 aliphatic heterocycles. The lowest BCUT2D eigenvalue weighted by Gasteiger charge is -2.35. The van der Waals surface area contributed by atoms with Crippen LogP contribution in [-0.2, 0) is 0 Å². The second-order valence-corrected chi connectivity index (χ2v) is 9.34. The van der Waals surface area contributed by atoms with Crippen LogP contribution in [0.3, 0.4) is 0 Å². The van der Waals surface area contributed by atoms with Crippen molar-refractivity contribution in [3.05, 3.63) is 46.1 Å². The van der Waals surface area contributed by atoms with Gasteiger partial charge in [0, 0.05) is 43.1 Å². The SMILES string of the molecule is COc1cc2c(=O)c3c4ccc(C#N)cc4[nH]c3n(C3CCC3)c2cc1N1CCN(C)CC1. The van der Waals surface area contributed by atoms with Gasteiger partial charge < -0.3 is 24.1 Å². The molecule has 2 aromatic carbocycles. The minimum absolute atomic E-state index is 0.00904. The Bertz CT molecular complexity index is 1500. The molecule has 0 radical (unpaired) electrons. The lowest BCUT2D eigenvalue weighted by Crippen LogP contribution is -2.44. The van der Waals surface area contributed by atoms with Gasteiger partial charge in [-0.1, -0.05) is 6.07 Å². The Morgan fingerprint density at radius 3 is 2.55 bits per heavy atom. The number of pyridine rings is 1. The molecule has 1 N–H and O–H groups in total. The summed E-state index contributed by atoms with van der Waals surface area (Å²) in [5.74, 6) is 0.746. The number of H-pyrrole nitrogens is 1. The first-order valence-corrected chi connectivity index (χ1v) is 11.6. The Labute approximate surface area is 191 Å². The van der Waals surface area contributed by atoms with Gasteiger partial charge in [0.1, 0.15) is 11.4 Å². The summed E-state index contributed by atoms with van der Waals surface area (Å²) < 4.78 is 8.13. The van der Waals surface area contributed by atoms with Crippen LogP contribution in [0, 0.1) is 11.3 Å². The number of methoxy groups -OCH3 is 1. The number of benzene rings is 2. The molecule has 2 aromatic heterocycles. The standard InChI is InChI=1S/C26H27N5O2/c1-29-8-10-30(11-9-29)22-14-21-19(13-23(22)33-2)25(32)24-18-7-6-16(15-27)12-20(18)28-26(24)31(21)17-4-3-5-17/h6-7,12-14,17,28H,3-5,8-11H2,1-2H3. The Morgan fingerprint density at radius 2 is 1.88 bits per heavy atom. The molecule has 7 heteroatoms. The monoisotopic (exact) mass is 441 g/mol. The van der Waals surface area contributed by atoms with E-state index in [0.717, 1.165) is 72.5 Å². The van der Waals surface area contributed by atoms with E-state index < -0.39 is 0 Å². The van der Waals surface area contributed by atoms with E-state index in [4.69, 9.17) is 4.74 Å². The molecule has 1 aliphatic carbocycles. The number of ether oxygens (including phenoxy) is 1. The number of aromatic nitrogens is 2. The van der Waals surface area contributed by atoms with Crippen molar-refractivity contribution in [3.63, 3.8) is 0 Å². The van der Waals surface area contributed by atoms with Crippen molar-refractivity contribution in [1.29, 1.82) is 5.26 Å². The van der Waals surface area contributed by atoms with E-state index in [0.29, 0.717) is 22.4 Å². The minimum Gasteiger partial charge on any atom is -0.495 e. The van der Waals surface area contributed by atoms with Gasteiger partial charge in [0.05, 0.1) is 40.7 Å². The van der Waals surface area contributed by atoms with Gasteiger partial charge in [-0.25, -0.2) is 0 Å². The van der Waals surface area contributed by atoms with E-state index >= 15 is 0 Å². The number of hydrogen-bond acceptors (Lipinski definition) is 5. The predicted molar refractivity (Wildman–Crippen MR) is 131 cm³/mol. The van der Waals surface area contributed by atoms with Crippen molar-refractivity contribution in [3.8, 4) is 11.8 Å². The van der Waals surface area contributed by atoms with Gasteiger partial charge in [-0.3, -0.25) is 4.79 Å². The molecule has 6 rings (SSSR count). The van der Waals surface area contributed by atoms with Gasteiger partial charge in [0.2, 0.25) is 0 Å². The van der Waals surface area contributed by atoms with Crippen LogP contribution < -0.4 is 15.1 Å². The fourth-order valence-electron chi connectivity index (χ4n) is 5.34. The molecular weight excluding hydrogens is 414 g/mol. The van der Waals surface area contributed by atoms with Crippen LogP contribution in [0.4, 0.5) is 5.69 Å². The molecule has 33 heavy (non-hydrogen) atoms. The summed E-state index contributed by atoms with van der Waals surface area (Å²) in [6.07, 6.45) is 3.39. The molecule has 2 aliphatic rings. The van der Waals surface area contributed by atoms with Gasteiger partial charge in [0.25, 0.3) is 0 Å². The first-order chi connectivity index (χ1) is 16.1. The topological polar surface area (TPSA) is 77.3 Å². The molecule has 1 saturated heterocycles. The molecule has 0 spiro atoms. The summed E-state index contributed by atoms with van der Waals surface area (Å²) in [7, 11) is 3.83. The lowest BCUT2D eigenvalue weighted by molar-refractivity contribution is 0.311. The summed E-state index contributed by atoms with van der Waals surface area (Å²) in [5, 5.41) is 11.6. The fourth-order valence-corrected chi connectivity index (χ4v) is 5.34. The molecule has 0 bridgehead atoms. The van der Waals surface area contributed by atoms with Crippen LogP contribution >= 0.6 is 0 Å². The third-order valence-corrected chi connectivity index (χ3v) is 7.46. The summed E-state index contributed by atoms with van der Waals surface area (Å²) in [5.41, 5.74) is 4.29. The van der Waals surface area contributed by atoms with Crippen LogP contribution in [0.1, 0.15) is 30.9 Å². The number of anilines is 1. The van der Waals surface area contributed by atoms with E-state index in [1.807, 2.05) is 18.2 Å². The van der Waals surface area contributed by atoms with E-state index in [9.17, 15) is 10.1 Å². The number of hydrogen-bond donors (Lipinski definition) is 1. The number of nitrogens with one attached hydrogen (secondary N) is 1. The van der Waals surface area contributed by atoms with E-state index in [1.54, 1.807) is 13.2 Å². The summed E-state index contributed by atoms with van der Waals surface area (Å²) in [4.78, 5) is 22.0. The number of fused-ring (bicyclic) bond motifs is 4. The van der Waals surface area contributed by atoms with E-state index in [-0.39, 0.29) is 5.43 Å². The number of piperazine rings is 1. The number of likely N-dealkylation sites (N-methyl/N-ethyl adjacent to an activating group) is 1. The molecule has 7 nitrogen and oxygen atoms in total. The van der Waals surface area contributed by atoms with E-state index in [2.05, 4.69) is 38.5 Å². The molecular formula is C26H27N5O2.